The van der Waals surface area contributed by atoms with Crippen molar-refractivity contribution in [2.45, 2.75) is 33.1 Å². The summed E-state index contributed by atoms with van der Waals surface area (Å²) in [7, 11) is 0. The molecule has 2 aromatic carbocycles. The van der Waals surface area contributed by atoms with Crippen LogP contribution in [0.5, 0.6) is 0 Å². The zero-order chi connectivity index (χ0) is 15.0. The van der Waals surface area contributed by atoms with E-state index in [9.17, 15) is 0 Å². The first-order chi connectivity index (χ1) is 9.93. The number of hydrogen-bond acceptors (Lipinski definition) is 1. The summed E-state index contributed by atoms with van der Waals surface area (Å²) in [5, 5.41) is 1.20. The summed E-state index contributed by atoms with van der Waals surface area (Å²) in [6.07, 6.45) is 0. The van der Waals surface area contributed by atoms with Crippen molar-refractivity contribution in [2.24, 2.45) is 0 Å². The van der Waals surface area contributed by atoms with Gasteiger partial charge in [0.25, 0.3) is 0 Å². The van der Waals surface area contributed by atoms with E-state index < -0.39 is 0 Å². The number of aryl methyl sites for hydroxylation is 1. The van der Waals surface area contributed by atoms with Gasteiger partial charge in [-0.25, -0.2) is 0 Å². The van der Waals surface area contributed by atoms with Crippen molar-refractivity contribution in [3.05, 3.63) is 65.9 Å². The van der Waals surface area contributed by atoms with Crippen LogP contribution in [-0.4, -0.2) is 4.98 Å². The Kier molecular flexibility index (Phi) is 3.29. The molecule has 0 aliphatic rings. The number of aromatic nitrogens is 1. The van der Waals surface area contributed by atoms with Crippen molar-refractivity contribution in [3.63, 3.8) is 0 Å². The summed E-state index contributed by atoms with van der Waals surface area (Å²) in [5.41, 5.74) is 6.08. The molecule has 0 atom stereocenters. The number of hydrogen-bond donors (Lipinski definition) is 0. The van der Waals surface area contributed by atoms with Gasteiger partial charge in [-0.1, -0.05) is 62.7 Å². The van der Waals surface area contributed by atoms with E-state index in [2.05, 4.69) is 82.3 Å². The molecule has 106 valence electrons. The fourth-order valence-corrected chi connectivity index (χ4v) is 2.47. The van der Waals surface area contributed by atoms with Gasteiger partial charge in [0, 0.05) is 16.5 Å². The fourth-order valence-electron chi connectivity index (χ4n) is 2.47. The van der Waals surface area contributed by atoms with Crippen LogP contribution in [0.3, 0.4) is 0 Å². The number of benzene rings is 2. The highest BCUT2D eigenvalue weighted by Gasteiger charge is 2.15. The van der Waals surface area contributed by atoms with E-state index in [-0.39, 0.29) is 5.41 Å². The Bertz CT molecular complexity index is 777. The summed E-state index contributed by atoms with van der Waals surface area (Å²) < 4.78 is 0. The van der Waals surface area contributed by atoms with Gasteiger partial charge in [0.1, 0.15) is 0 Å². The fraction of sp³-hybridized carbons (Fsp3) is 0.250. The first-order valence-corrected chi connectivity index (χ1v) is 7.42. The molecule has 1 heterocycles. The third kappa shape index (κ3) is 2.82. The van der Waals surface area contributed by atoms with Crippen molar-refractivity contribution in [2.75, 3.05) is 0 Å². The lowest BCUT2D eigenvalue weighted by Crippen LogP contribution is -2.13. The molecule has 0 spiro atoms. The van der Waals surface area contributed by atoms with Crippen molar-refractivity contribution in [1.82, 2.24) is 4.98 Å². The topological polar surface area (TPSA) is 12.9 Å². The normalized spacial score (nSPS) is 11.8. The lowest BCUT2D eigenvalue weighted by Gasteiger charge is -2.18. The lowest BCUT2D eigenvalue weighted by atomic mass is 9.91. The van der Waals surface area contributed by atoms with Gasteiger partial charge in [-0.15, -0.1) is 0 Å². The van der Waals surface area contributed by atoms with Gasteiger partial charge in [-0.05, 0) is 36.2 Å². The standard InChI is InChI=1S/C20H21N/c1-14-5-7-15(8-6-14)16-9-11-18-17(13-16)10-12-19(21-18)20(2,3)4/h5-13H,1-4H3. The lowest BCUT2D eigenvalue weighted by molar-refractivity contribution is 0.571. The minimum Gasteiger partial charge on any atom is -0.252 e. The predicted molar refractivity (Wildman–Crippen MR) is 90.6 cm³/mol. The first-order valence-electron chi connectivity index (χ1n) is 7.42. The molecule has 0 N–H and O–H groups in total. The van der Waals surface area contributed by atoms with Crippen molar-refractivity contribution >= 4 is 10.9 Å². The summed E-state index contributed by atoms with van der Waals surface area (Å²) in [5.74, 6) is 0. The van der Waals surface area contributed by atoms with Gasteiger partial charge in [-0.3, -0.25) is 4.98 Å². The summed E-state index contributed by atoms with van der Waals surface area (Å²) >= 11 is 0. The monoisotopic (exact) mass is 275 g/mol. The second-order valence-electron chi connectivity index (χ2n) is 6.72. The van der Waals surface area contributed by atoms with Gasteiger partial charge in [0.15, 0.2) is 0 Å². The number of fused-ring (bicyclic) bond motifs is 1. The van der Waals surface area contributed by atoms with E-state index in [4.69, 9.17) is 4.98 Å². The van der Waals surface area contributed by atoms with Crippen LogP contribution in [0.25, 0.3) is 22.0 Å². The van der Waals surface area contributed by atoms with E-state index in [1.165, 1.54) is 22.1 Å². The van der Waals surface area contributed by atoms with Crippen LogP contribution in [0.2, 0.25) is 0 Å². The number of nitrogens with zero attached hydrogens (tertiary/aromatic N) is 1. The first kappa shape index (κ1) is 13.8. The molecule has 1 heteroatoms. The SMILES string of the molecule is Cc1ccc(-c2ccc3nc(C(C)(C)C)ccc3c2)cc1. The number of rotatable bonds is 1. The van der Waals surface area contributed by atoms with E-state index in [1.807, 2.05) is 0 Å². The van der Waals surface area contributed by atoms with Gasteiger partial charge in [0.05, 0.1) is 5.52 Å². The highest BCUT2D eigenvalue weighted by atomic mass is 14.7. The van der Waals surface area contributed by atoms with Crippen molar-refractivity contribution in [1.29, 1.82) is 0 Å². The maximum atomic E-state index is 4.80. The Balaban J connectivity index is 2.07. The molecule has 0 amide bonds. The second kappa shape index (κ2) is 5.00. The molecule has 0 bridgehead atoms. The molecule has 0 saturated heterocycles. The van der Waals surface area contributed by atoms with Crippen LogP contribution in [0.1, 0.15) is 32.0 Å². The average molecular weight is 275 g/mol. The average Bonchev–Trinajstić information content (AvgIpc) is 2.46. The van der Waals surface area contributed by atoms with E-state index in [0.717, 1.165) is 11.2 Å². The second-order valence-corrected chi connectivity index (χ2v) is 6.72. The van der Waals surface area contributed by atoms with Gasteiger partial charge in [-0.2, -0.15) is 0 Å². The zero-order valence-corrected chi connectivity index (χ0v) is 13.1. The predicted octanol–water partition coefficient (Wildman–Crippen LogP) is 5.51. The van der Waals surface area contributed by atoms with Gasteiger partial charge in [0.2, 0.25) is 0 Å². The zero-order valence-electron chi connectivity index (χ0n) is 13.1. The molecule has 0 radical (unpaired) electrons. The minimum atomic E-state index is 0.0871. The van der Waals surface area contributed by atoms with Crippen LogP contribution >= 0.6 is 0 Å². The molecule has 0 saturated carbocycles. The molecule has 1 nitrogen and oxygen atoms in total. The molecule has 21 heavy (non-hydrogen) atoms. The smallest absolute Gasteiger partial charge is 0.0705 e. The highest BCUT2D eigenvalue weighted by Crippen LogP contribution is 2.27. The third-order valence-corrected chi connectivity index (χ3v) is 3.84. The maximum Gasteiger partial charge on any atom is 0.0705 e. The Morgan fingerprint density at radius 1 is 0.762 bits per heavy atom. The minimum absolute atomic E-state index is 0.0871. The molecule has 0 aliphatic carbocycles. The van der Waals surface area contributed by atoms with Crippen LogP contribution in [0, 0.1) is 6.92 Å². The summed E-state index contributed by atoms with van der Waals surface area (Å²) in [6, 6.07) is 19.5. The Labute approximate surface area is 126 Å². The van der Waals surface area contributed by atoms with Crippen LogP contribution in [0.15, 0.2) is 54.6 Å². The Hall–Kier alpha value is -2.15. The largest absolute Gasteiger partial charge is 0.252 e. The van der Waals surface area contributed by atoms with E-state index in [0.29, 0.717) is 0 Å². The van der Waals surface area contributed by atoms with Gasteiger partial charge >= 0.3 is 0 Å². The number of pyridine rings is 1. The molecule has 3 aromatic rings. The van der Waals surface area contributed by atoms with Crippen molar-refractivity contribution in [3.8, 4) is 11.1 Å². The van der Waals surface area contributed by atoms with Crippen molar-refractivity contribution < 1.29 is 0 Å². The van der Waals surface area contributed by atoms with Crippen LogP contribution < -0.4 is 0 Å². The Morgan fingerprint density at radius 3 is 2.10 bits per heavy atom. The highest BCUT2D eigenvalue weighted by molar-refractivity contribution is 5.84. The van der Waals surface area contributed by atoms with E-state index in [1.54, 1.807) is 0 Å². The molecule has 1 aromatic heterocycles. The summed E-state index contributed by atoms with van der Waals surface area (Å²) in [4.78, 5) is 4.80. The van der Waals surface area contributed by atoms with E-state index >= 15 is 0 Å². The maximum absolute atomic E-state index is 4.80. The third-order valence-electron chi connectivity index (χ3n) is 3.84. The molecule has 0 fully saturated rings. The molecule has 0 unspecified atom stereocenters. The molecular weight excluding hydrogens is 254 g/mol. The molecule has 3 rings (SSSR count). The van der Waals surface area contributed by atoms with Crippen LogP contribution in [-0.2, 0) is 5.41 Å². The van der Waals surface area contributed by atoms with Crippen LogP contribution in [0.4, 0.5) is 0 Å². The Morgan fingerprint density at radius 2 is 1.43 bits per heavy atom. The quantitative estimate of drug-likeness (QED) is 0.571. The van der Waals surface area contributed by atoms with Gasteiger partial charge < -0.3 is 0 Å². The molecular formula is C20H21N. The summed E-state index contributed by atoms with van der Waals surface area (Å²) in [6.45, 7) is 8.70. The molecule has 0 aliphatic heterocycles.